The average Bonchev–Trinajstić information content (AvgIpc) is 2.21. The third-order valence-corrected chi connectivity index (χ3v) is 4.90. The summed E-state index contributed by atoms with van der Waals surface area (Å²) < 4.78 is 14.9. The van der Waals surface area contributed by atoms with Gasteiger partial charge in [0, 0.05) is 26.2 Å². The Balaban J connectivity index is 2.54. The fourth-order valence-electron chi connectivity index (χ4n) is 1.23. The molecule has 1 rings (SSSR count). The Morgan fingerprint density at radius 3 is 2.62 bits per heavy atom. The number of hydrogen-bond acceptors (Lipinski definition) is 3. The number of nitrogens with one attached hydrogen (secondary N) is 1. The van der Waals surface area contributed by atoms with E-state index in [4.69, 9.17) is 0 Å². The number of hydrogen-bond donors (Lipinski definition) is 1. The van der Waals surface area contributed by atoms with E-state index in [1.165, 1.54) is 0 Å². The van der Waals surface area contributed by atoms with Crippen LogP contribution in [0.15, 0.2) is 10.3 Å². The summed E-state index contributed by atoms with van der Waals surface area (Å²) in [6, 6.07) is 0. The van der Waals surface area contributed by atoms with E-state index in [-0.39, 0.29) is 0 Å². The van der Waals surface area contributed by atoms with Gasteiger partial charge in [-0.15, -0.1) is 11.8 Å². The molecule has 3 nitrogen and oxygen atoms in total. The third-order valence-electron chi connectivity index (χ3n) is 1.92. The molecular weight excluding hydrogens is 204 g/mol. The second-order valence-electron chi connectivity index (χ2n) is 2.74. The monoisotopic (exact) mass is 220 g/mol. The van der Waals surface area contributed by atoms with Gasteiger partial charge in [0.15, 0.2) is 0 Å². The number of rotatable bonds is 3. The van der Waals surface area contributed by atoms with Crippen molar-refractivity contribution in [1.29, 1.82) is 0 Å². The first kappa shape index (κ1) is 11.2. The molecule has 0 aromatic heterocycles. The van der Waals surface area contributed by atoms with Gasteiger partial charge in [0.1, 0.15) is 11.0 Å². The zero-order valence-electron chi connectivity index (χ0n) is 8.08. The largest absolute Gasteiger partial charge is 0.314 e. The van der Waals surface area contributed by atoms with Crippen LogP contribution in [-0.2, 0) is 11.0 Å². The van der Waals surface area contributed by atoms with Gasteiger partial charge in [-0.05, 0) is 13.2 Å². The van der Waals surface area contributed by atoms with Crippen molar-refractivity contribution in [3.63, 3.8) is 0 Å². The van der Waals surface area contributed by atoms with Crippen molar-refractivity contribution >= 4 is 22.7 Å². The Morgan fingerprint density at radius 1 is 1.54 bits per heavy atom. The van der Waals surface area contributed by atoms with Crippen molar-refractivity contribution in [2.24, 2.45) is 0 Å². The van der Waals surface area contributed by atoms with Gasteiger partial charge in [0.05, 0.1) is 4.24 Å². The molecule has 1 heterocycles. The minimum Gasteiger partial charge on any atom is -0.314 e. The quantitative estimate of drug-likeness (QED) is 0.763. The maximum atomic E-state index is 11.9. The molecule has 0 amide bonds. The van der Waals surface area contributed by atoms with Gasteiger partial charge in [-0.2, -0.15) is 0 Å². The molecule has 1 aliphatic heterocycles. The maximum absolute atomic E-state index is 11.9. The van der Waals surface area contributed by atoms with Gasteiger partial charge < -0.3 is 5.32 Å². The van der Waals surface area contributed by atoms with Crippen LogP contribution in [0.3, 0.4) is 0 Å². The van der Waals surface area contributed by atoms with Crippen molar-refractivity contribution < 1.29 is 4.21 Å². The molecule has 0 aromatic carbocycles. The number of nitrogens with zero attached hydrogens (tertiary/aromatic N) is 1. The SMILES string of the molecule is C/C=C(\SC)S(=O)N1CCNCC1. The second-order valence-corrected chi connectivity index (χ2v) is 5.30. The van der Waals surface area contributed by atoms with E-state index in [0.717, 1.165) is 30.4 Å². The minimum atomic E-state index is -0.927. The van der Waals surface area contributed by atoms with Crippen molar-refractivity contribution in [2.75, 3.05) is 32.4 Å². The standard InChI is InChI=1S/C8H16N2OS2/c1-3-8(12-2)13(11)10-6-4-9-5-7-10/h3,9H,4-7H2,1-2H3/b8-3+. The van der Waals surface area contributed by atoms with Crippen LogP contribution in [0.25, 0.3) is 0 Å². The van der Waals surface area contributed by atoms with E-state index >= 15 is 0 Å². The van der Waals surface area contributed by atoms with E-state index in [1.807, 2.05) is 23.6 Å². The van der Waals surface area contributed by atoms with Gasteiger partial charge in [-0.1, -0.05) is 6.08 Å². The van der Waals surface area contributed by atoms with Crippen LogP contribution in [-0.4, -0.2) is 40.9 Å². The first-order valence-corrected chi connectivity index (χ1v) is 6.70. The first-order valence-electron chi connectivity index (χ1n) is 4.37. The summed E-state index contributed by atoms with van der Waals surface area (Å²) in [5, 5.41) is 3.24. The van der Waals surface area contributed by atoms with Crippen LogP contribution in [0.2, 0.25) is 0 Å². The molecule has 5 heteroatoms. The molecule has 0 aromatic rings. The van der Waals surface area contributed by atoms with Crippen LogP contribution >= 0.6 is 11.8 Å². The van der Waals surface area contributed by atoms with E-state index < -0.39 is 11.0 Å². The predicted octanol–water partition coefficient (Wildman–Crippen LogP) is 0.780. The fourth-order valence-corrected chi connectivity index (χ4v) is 3.32. The molecule has 1 unspecified atom stereocenters. The highest BCUT2D eigenvalue weighted by Crippen LogP contribution is 2.18. The lowest BCUT2D eigenvalue weighted by molar-refractivity contribution is 0.383. The summed E-state index contributed by atoms with van der Waals surface area (Å²) >= 11 is 1.57. The number of piperazine rings is 1. The zero-order chi connectivity index (χ0) is 9.68. The summed E-state index contributed by atoms with van der Waals surface area (Å²) in [4.78, 5) is 0. The Hall–Kier alpha value is 0.160. The summed E-state index contributed by atoms with van der Waals surface area (Å²) in [7, 11) is -0.927. The molecule has 0 saturated carbocycles. The third kappa shape index (κ3) is 3.09. The normalized spacial score (nSPS) is 23.1. The molecule has 0 bridgehead atoms. The number of allylic oxidation sites excluding steroid dienone is 1. The molecule has 0 radical (unpaired) electrons. The average molecular weight is 220 g/mol. The fraction of sp³-hybridized carbons (Fsp3) is 0.750. The summed E-state index contributed by atoms with van der Waals surface area (Å²) in [5.74, 6) is 0. The predicted molar refractivity (Wildman–Crippen MR) is 59.9 cm³/mol. The Kier molecular flexibility index (Phi) is 5.01. The summed E-state index contributed by atoms with van der Waals surface area (Å²) in [6.07, 6.45) is 3.90. The van der Waals surface area contributed by atoms with Crippen molar-refractivity contribution in [2.45, 2.75) is 6.92 Å². The van der Waals surface area contributed by atoms with E-state index in [2.05, 4.69) is 5.32 Å². The Morgan fingerprint density at radius 2 is 2.15 bits per heavy atom. The molecule has 1 saturated heterocycles. The molecule has 13 heavy (non-hydrogen) atoms. The van der Waals surface area contributed by atoms with Crippen molar-refractivity contribution in [1.82, 2.24) is 9.62 Å². The lowest BCUT2D eigenvalue weighted by Crippen LogP contribution is -2.44. The molecule has 0 aliphatic carbocycles. The smallest absolute Gasteiger partial charge is 0.133 e. The van der Waals surface area contributed by atoms with Gasteiger partial charge in [0.25, 0.3) is 0 Å². The van der Waals surface area contributed by atoms with Gasteiger partial charge >= 0.3 is 0 Å². The molecule has 1 aliphatic rings. The topological polar surface area (TPSA) is 32.3 Å². The van der Waals surface area contributed by atoms with E-state index in [9.17, 15) is 4.21 Å². The van der Waals surface area contributed by atoms with Crippen molar-refractivity contribution in [3.05, 3.63) is 10.3 Å². The number of thioether (sulfide) groups is 1. The highest BCUT2D eigenvalue weighted by atomic mass is 32.2. The minimum absolute atomic E-state index is 0.879. The molecule has 0 spiro atoms. The second kappa shape index (κ2) is 5.80. The van der Waals surface area contributed by atoms with Crippen LogP contribution in [0.4, 0.5) is 0 Å². The van der Waals surface area contributed by atoms with Crippen LogP contribution < -0.4 is 5.32 Å². The highest BCUT2D eigenvalue weighted by Gasteiger charge is 2.18. The van der Waals surface area contributed by atoms with Crippen molar-refractivity contribution in [3.8, 4) is 0 Å². The Labute approximate surface area is 86.5 Å². The van der Waals surface area contributed by atoms with Gasteiger partial charge in [-0.3, -0.25) is 0 Å². The van der Waals surface area contributed by atoms with Gasteiger partial charge in [0.2, 0.25) is 0 Å². The van der Waals surface area contributed by atoms with Crippen LogP contribution in [0.1, 0.15) is 6.92 Å². The molecule has 1 fully saturated rings. The summed E-state index contributed by atoms with van der Waals surface area (Å²) in [5.41, 5.74) is 0. The van der Waals surface area contributed by atoms with Gasteiger partial charge in [-0.25, -0.2) is 8.51 Å². The van der Waals surface area contributed by atoms with E-state index in [0.29, 0.717) is 0 Å². The molecular formula is C8H16N2OS2. The summed E-state index contributed by atoms with van der Waals surface area (Å²) in [6.45, 7) is 5.58. The van der Waals surface area contributed by atoms with Crippen LogP contribution in [0, 0.1) is 0 Å². The first-order chi connectivity index (χ1) is 6.29. The highest BCUT2D eigenvalue weighted by molar-refractivity contribution is 8.15. The lowest BCUT2D eigenvalue weighted by atomic mass is 10.4. The van der Waals surface area contributed by atoms with Crippen LogP contribution in [0.5, 0.6) is 0 Å². The molecule has 1 atom stereocenters. The molecule has 76 valence electrons. The maximum Gasteiger partial charge on any atom is 0.133 e. The lowest BCUT2D eigenvalue weighted by Gasteiger charge is -2.26. The van der Waals surface area contributed by atoms with E-state index in [1.54, 1.807) is 11.8 Å². The molecule has 1 N–H and O–H groups in total. The Bertz CT molecular complexity index is 212. The zero-order valence-corrected chi connectivity index (χ0v) is 9.71.